The van der Waals surface area contributed by atoms with Gasteiger partial charge in [0.1, 0.15) is 5.75 Å². The average Bonchev–Trinajstić information content (AvgIpc) is 2.46. The first-order valence-corrected chi connectivity index (χ1v) is 7.79. The first-order chi connectivity index (χ1) is 9.24. The number of nitrogens with one attached hydrogen (secondary N) is 1. The highest BCUT2D eigenvalue weighted by Gasteiger charge is 2.25. The molecule has 19 heavy (non-hydrogen) atoms. The van der Waals surface area contributed by atoms with Gasteiger partial charge in [0.15, 0.2) is 0 Å². The number of benzene rings is 1. The summed E-state index contributed by atoms with van der Waals surface area (Å²) in [6.07, 6.45) is 7.82. The molecule has 3 atom stereocenters. The van der Waals surface area contributed by atoms with Crippen molar-refractivity contribution in [2.24, 2.45) is 5.92 Å². The maximum absolute atomic E-state index is 9.39. The van der Waals surface area contributed by atoms with E-state index in [0.29, 0.717) is 17.8 Å². The van der Waals surface area contributed by atoms with Crippen LogP contribution in [-0.4, -0.2) is 11.1 Å². The molecular weight excluding hydrogens is 234 g/mol. The number of rotatable bonds is 5. The van der Waals surface area contributed by atoms with E-state index in [1.165, 1.54) is 37.7 Å². The molecule has 0 saturated heterocycles. The van der Waals surface area contributed by atoms with Gasteiger partial charge in [0.2, 0.25) is 0 Å². The van der Waals surface area contributed by atoms with Gasteiger partial charge in [-0.25, -0.2) is 0 Å². The molecule has 0 aliphatic heterocycles. The minimum atomic E-state index is 0.350. The van der Waals surface area contributed by atoms with Crippen LogP contribution in [0.1, 0.15) is 64.0 Å². The molecule has 1 aliphatic carbocycles. The summed E-state index contributed by atoms with van der Waals surface area (Å²) in [7, 11) is 0. The lowest BCUT2D eigenvalue weighted by Gasteiger charge is -2.35. The highest BCUT2D eigenvalue weighted by atomic mass is 16.3. The van der Waals surface area contributed by atoms with Gasteiger partial charge in [0.25, 0.3) is 0 Å². The van der Waals surface area contributed by atoms with Crippen LogP contribution in [0.15, 0.2) is 24.3 Å². The molecule has 2 nitrogen and oxygen atoms in total. The summed E-state index contributed by atoms with van der Waals surface area (Å²) in [6, 6.07) is 8.74. The Labute approximate surface area is 117 Å². The molecule has 0 radical (unpaired) electrons. The van der Waals surface area contributed by atoms with E-state index in [1.54, 1.807) is 12.1 Å². The second kappa shape index (κ2) is 6.95. The fraction of sp³-hybridized carbons (Fsp3) is 0.647. The number of hydrogen-bond donors (Lipinski definition) is 2. The average molecular weight is 261 g/mol. The zero-order chi connectivity index (χ0) is 13.7. The Balaban J connectivity index is 2.03. The standard InChI is InChI=1S/C17H27NO/c1-3-13-7-5-6-8-17(13)18-16(4-2)14-9-11-15(19)12-10-14/h9-13,16-19H,3-8H2,1-2H3. The Morgan fingerprint density at radius 3 is 2.47 bits per heavy atom. The molecule has 0 amide bonds. The quantitative estimate of drug-likeness (QED) is 0.823. The van der Waals surface area contributed by atoms with Crippen LogP contribution >= 0.6 is 0 Å². The Kier molecular flexibility index (Phi) is 5.26. The third-order valence-electron chi connectivity index (χ3n) is 4.55. The predicted molar refractivity (Wildman–Crippen MR) is 80.3 cm³/mol. The van der Waals surface area contributed by atoms with Gasteiger partial charge < -0.3 is 10.4 Å². The molecule has 1 saturated carbocycles. The van der Waals surface area contributed by atoms with Gasteiger partial charge in [-0.1, -0.05) is 45.2 Å². The minimum absolute atomic E-state index is 0.350. The van der Waals surface area contributed by atoms with E-state index in [1.807, 2.05) is 12.1 Å². The Morgan fingerprint density at radius 1 is 1.16 bits per heavy atom. The molecule has 2 heteroatoms. The maximum Gasteiger partial charge on any atom is 0.115 e. The fourth-order valence-electron chi connectivity index (χ4n) is 3.33. The minimum Gasteiger partial charge on any atom is -0.508 e. The van der Waals surface area contributed by atoms with E-state index in [4.69, 9.17) is 0 Å². The number of phenolic OH excluding ortho intramolecular Hbond substituents is 1. The van der Waals surface area contributed by atoms with E-state index < -0.39 is 0 Å². The molecule has 1 aromatic rings. The summed E-state index contributed by atoms with van der Waals surface area (Å²) in [6.45, 7) is 4.54. The zero-order valence-electron chi connectivity index (χ0n) is 12.2. The van der Waals surface area contributed by atoms with E-state index in [-0.39, 0.29) is 0 Å². The molecular formula is C17H27NO. The molecule has 1 aromatic carbocycles. The number of hydrogen-bond acceptors (Lipinski definition) is 2. The molecule has 106 valence electrons. The van der Waals surface area contributed by atoms with Crippen LogP contribution in [0, 0.1) is 5.92 Å². The lowest BCUT2D eigenvalue weighted by molar-refractivity contribution is 0.234. The normalized spacial score (nSPS) is 25.2. The molecule has 1 aliphatic rings. The zero-order valence-corrected chi connectivity index (χ0v) is 12.2. The van der Waals surface area contributed by atoms with Gasteiger partial charge in [-0.05, 0) is 42.9 Å². The maximum atomic E-state index is 9.39. The summed E-state index contributed by atoms with van der Waals surface area (Å²) in [5.41, 5.74) is 1.29. The SMILES string of the molecule is CCC(NC1CCCCC1CC)c1ccc(O)cc1. The van der Waals surface area contributed by atoms with Crippen LogP contribution in [0.4, 0.5) is 0 Å². The lowest BCUT2D eigenvalue weighted by atomic mass is 9.82. The van der Waals surface area contributed by atoms with Crippen LogP contribution in [-0.2, 0) is 0 Å². The predicted octanol–water partition coefficient (Wildman–Crippen LogP) is 4.40. The van der Waals surface area contributed by atoms with Crippen molar-refractivity contribution < 1.29 is 5.11 Å². The first-order valence-electron chi connectivity index (χ1n) is 7.79. The molecule has 3 unspecified atom stereocenters. The van der Waals surface area contributed by atoms with Crippen molar-refractivity contribution in [1.82, 2.24) is 5.32 Å². The van der Waals surface area contributed by atoms with Crippen LogP contribution in [0.3, 0.4) is 0 Å². The third-order valence-corrected chi connectivity index (χ3v) is 4.55. The highest BCUT2D eigenvalue weighted by Crippen LogP contribution is 2.30. The number of phenols is 1. The monoisotopic (exact) mass is 261 g/mol. The first kappa shape index (κ1) is 14.4. The van der Waals surface area contributed by atoms with Gasteiger partial charge in [-0.15, -0.1) is 0 Å². The van der Waals surface area contributed by atoms with Crippen LogP contribution in [0.5, 0.6) is 5.75 Å². The number of aromatic hydroxyl groups is 1. The van der Waals surface area contributed by atoms with Crippen LogP contribution in [0.2, 0.25) is 0 Å². The fourth-order valence-corrected chi connectivity index (χ4v) is 3.33. The van der Waals surface area contributed by atoms with Gasteiger partial charge in [0, 0.05) is 12.1 Å². The molecule has 0 aromatic heterocycles. The van der Waals surface area contributed by atoms with Crippen molar-refractivity contribution in [2.75, 3.05) is 0 Å². The lowest BCUT2D eigenvalue weighted by Crippen LogP contribution is -2.40. The molecule has 0 heterocycles. The van der Waals surface area contributed by atoms with E-state index in [2.05, 4.69) is 19.2 Å². The molecule has 1 fully saturated rings. The molecule has 0 bridgehead atoms. The molecule has 2 rings (SSSR count). The second-order valence-electron chi connectivity index (χ2n) is 5.78. The van der Waals surface area contributed by atoms with Crippen molar-refractivity contribution in [3.63, 3.8) is 0 Å². The topological polar surface area (TPSA) is 32.3 Å². The second-order valence-corrected chi connectivity index (χ2v) is 5.78. The highest BCUT2D eigenvalue weighted by molar-refractivity contribution is 5.28. The summed E-state index contributed by atoms with van der Waals surface area (Å²) in [5, 5.41) is 13.3. The van der Waals surface area contributed by atoms with Crippen molar-refractivity contribution >= 4 is 0 Å². The van der Waals surface area contributed by atoms with Gasteiger partial charge in [0.05, 0.1) is 0 Å². The van der Waals surface area contributed by atoms with Crippen molar-refractivity contribution in [3.8, 4) is 5.75 Å². The third kappa shape index (κ3) is 3.73. The largest absolute Gasteiger partial charge is 0.508 e. The smallest absolute Gasteiger partial charge is 0.115 e. The van der Waals surface area contributed by atoms with Crippen LogP contribution in [0.25, 0.3) is 0 Å². The summed E-state index contributed by atoms with van der Waals surface area (Å²) in [4.78, 5) is 0. The van der Waals surface area contributed by atoms with Gasteiger partial charge in [-0.2, -0.15) is 0 Å². The van der Waals surface area contributed by atoms with Crippen molar-refractivity contribution in [2.45, 2.75) is 64.5 Å². The summed E-state index contributed by atoms with van der Waals surface area (Å²) in [5.74, 6) is 1.18. The Bertz CT molecular complexity index is 373. The van der Waals surface area contributed by atoms with E-state index in [9.17, 15) is 5.11 Å². The summed E-state index contributed by atoms with van der Waals surface area (Å²) >= 11 is 0. The summed E-state index contributed by atoms with van der Waals surface area (Å²) < 4.78 is 0. The van der Waals surface area contributed by atoms with Crippen molar-refractivity contribution in [3.05, 3.63) is 29.8 Å². The van der Waals surface area contributed by atoms with E-state index in [0.717, 1.165) is 12.3 Å². The van der Waals surface area contributed by atoms with Gasteiger partial charge >= 0.3 is 0 Å². The van der Waals surface area contributed by atoms with E-state index >= 15 is 0 Å². The van der Waals surface area contributed by atoms with Gasteiger partial charge in [-0.3, -0.25) is 0 Å². The Morgan fingerprint density at radius 2 is 1.84 bits per heavy atom. The Hall–Kier alpha value is -1.02. The molecule has 2 N–H and O–H groups in total. The van der Waals surface area contributed by atoms with Crippen LogP contribution < -0.4 is 5.32 Å². The van der Waals surface area contributed by atoms with Crippen molar-refractivity contribution in [1.29, 1.82) is 0 Å². The molecule has 0 spiro atoms.